The molecule has 2 heterocycles. The Hall–Kier alpha value is -2.31. The number of halogens is 1. The van der Waals surface area contributed by atoms with Crippen LogP contribution in [0.2, 0.25) is 0 Å². The van der Waals surface area contributed by atoms with E-state index >= 15 is 0 Å². The van der Waals surface area contributed by atoms with E-state index in [9.17, 15) is 19.4 Å². The maximum absolute atomic E-state index is 13.3. The van der Waals surface area contributed by atoms with E-state index in [1.54, 1.807) is 29.2 Å². The summed E-state index contributed by atoms with van der Waals surface area (Å²) in [7, 11) is 0. The van der Waals surface area contributed by atoms with E-state index in [2.05, 4.69) is 4.98 Å². The van der Waals surface area contributed by atoms with Crippen LogP contribution in [0.15, 0.2) is 42.6 Å². The largest absolute Gasteiger partial charge is 0.393 e. The predicted octanol–water partition coefficient (Wildman–Crippen LogP) is 2.24. The molecule has 6 heteroatoms. The number of hydrogen-bond donors (Lipinski definition) is 2. The van der Waals surface area contributed by atoms with Crippen LogP contribution in [-0.4, -0.2) is 51.3 Å². The molecule has 0 spiro atoms. The molecule has 2 aromatic rings. The van der Waals surface area contributed by atoms with E-state index < -0.39 is 5.60 Å². The Balaban J connectivity index is 1.72. The normalized spacial score (nSPS) is 21.0. The number of hydrogen-bond acceptors (Lipinski definition) is 4. The Morgan fingerprint density at radius 2 is 2.08 bits per heavy atom. The molecule has 1 aliphatic heterocycles. The molecule has 0 unspecified atom stereocenters. The maximum atomic E-state index is 13.3. The first-order valence-corrected chi connectivity index (χ1v) is 8.35. The summed E-state index contributed by atoms with van der Waals surface area (Å²) in [5.74, 6) is -0.485. The highest BCUT2D eigenvalue weighted by molar-refractivity contribution is 5.94. The van der Waals surface area contributed by atoms with E-state index in [4.69, 9.17) is 0 Å². The molecule has 5 nitrogen and oxygen atoms in total. The lowest BCUT2D eigenvalue weighted by molar-refractivity contribution is -0.0250. The van der Waals surface area contributed by atoms with Gasteiger partial charge in [0, 0.05) is 24.8 Å². The molecule has 1 saturated heterocycles. The third-order valence-electron chi connectivity index (χ3n) is 4.63. The number of carbonyl (C=O) groups is 1. The molecule has 1 aromatic heterocycles. The van der Waals surface area contributed by atoms with Gasteiger partial charge in [0.15, 0.2) is 0 Å². The molecule has 3 rings (SSSR count). The van der Waals surface area contributed by atoms with Crippen molar-refractivity contribution in [3.8, 4) is 11.3 Å². The van der Waals surface area contributed by atoms with Gasteiger partial charge in [-0.3, -0.25) is 9.78 Å². The number of rotatable bonds is 3. The summed E-state index contributed by atoms with van der Waals surface area (Å²) >= 11 is 0. The van der Waals surface area contributed by atoms with Crippen LogP contribution in [0.3, 0.4) is 0 Å². The molecule has 0 bridgehead atoms. The lowest BCUT2D eigenvalue weighted by atomic mass is 9.96. The van der Waals surface area contributed by atoms with E-state index in [1.165, 1.54) is 18.3 Å². The van der Waals surface area contributed by atoms with Crippen LogP contribution < -0.4 is 0 Å². The van der Waals surface area contributed by atoms with Crippen LogP contribution >= 0.6 is 0 Å². The summed E-state index contributed by atoms with van der Waals surface area (Å²) in [6, 6.07) is 9.52. The van der Waals surface area contributed by atoms with Crippen molar-refractivity contribution in [3.05, 3.63) is 54.0 Å². The molecule has 2 N–H and O–H groups in total. The summed E-state index contributed by atoms with van der Waals surface area (Å²) in [5.41, 5.74) is 0.604. The SMILES string of the molecule is O=C(c1ccc(-c2cccc(F)c2)nc1)N1CCC[C@@](O)(CO)CC1. The fourth-order valence-electron chi connectivity index (χ4n) is 3.06. The van der Waals surface area contributed by atoms with Gasteiger partial charge in [-0.1, -0.05) is 12.1 Å². The molecule has 1 amide bonds. The maximum Gasteiger partial charge on any atom is 0.255 e. The second kappa shape index (κ2) is 7.29. The first-order chi connectivity index (χ1) is 12.0. The minimum absolute atomic E-state index is 0.152. The number of amides is 1. The van der Waals surface area contributed by atoms with Gasteiger partial charge >= 0.3 is 0 Å². The second-order valence-electron chi connectivity index (χ2n) is 6.47. The number of aliphatic hydroxyl groups excluding tert-OH is 1. The van der Waals surface area contributed by atoms with Crippen molar-refractivity contribution < 1.29 is 19.4 Å². The number of pyridine rings is 1. The average Bonchev–Trinajstić information content (AvgIpc) is 2.84. The van der Waals surface area contributed by atoms with Gasteiger partial charge in [-0.2, -0.15) is 0 Å². The van der Waals surface area contributed by atoms with Crippen LogP contribution in [0.25, 0.3) is 11.3 Å². The molecule has 0 aliphatic carbocycles. The van der Waals surface area contributed by atoms with Gasteiger partial charge in [-0.15, -0.1) is 0 Å². The van der Waals surface area contributed by atoms with Gasteiger partial charge < -0.3 is 15.1 Å². The summed E-state index contributed by atoms with van der Waals surface area (Å²) in [5, 5.41) is 19.5. The monoisotopic (exact) mass is 344 g/mol. The topological polar surface area (TPSA) is 73.7 Å². The van der Waals surface area contributed by atoms with Crippen molar-refractivity contribution in [3.63, 3.8) is 0 Å². The summed E-state index contributed by atoms with van der Waals surface area (Å²) < 4.78 is 13.3. The number of aliphatic hydroxyl groups is 2. The minimum Gasteiger partial charge on any atom is -0.393 e. The van der Waals surface area contributed by atoms with E-state index in [1.807, 2.05) is 0 Å². The summed E-state index contributed by atoms with van der Waals surface area (Å²) in [6.45, 7) is 0.632. The number of benzene rings is 1. The van der Waals surface area contributed by atoms with Gasteiger partial charge in [0.05, 0.1) is 23.5 Å². The fourth-order valence-corrected chi connectivity index (χ4v) is 3.06. The second-order valence-corrected chi connectivity index (χ2v) is 6.47. The molecule has 1 aromatic carbocycles. The highest BCUT2D eigenvalue weighted by Crippen LogP contribution is 2.23. The first-order valence-electron chi connectivity index (χ1n) is 8.35. The molecule has 1 aliphatic rings. The van der Waals surface area contributed by atoms with Crippen molar-refractivity contribution in [2.75, 3.05) is 19.7 Å². The summed E-state index contributed by atoms with van der Waals surface area (Å²) in [6.07, 6.45) is 2.96. The molecule has 25 heavy (non-hydrogen) atoms. The van der Waals surface area contributed by atoms with Crippen LogP contribution in [0, 0.1) is 5.82 Å². The Bertz CT molecular complexity index is 751. The highest BCUT2D eigenvalue weighted by atomic mass is 19.1. The standard InChI is InChI=1S/C19H21FN2O3/c20-16-4-1-3-14(11-16)17-6-5-15(12-21-17)18(24)22-9-2-7-19(25,13-23)8-10-22/h1,3-6,11-12,23,25H,2,7-10,13H2/t19-/m0/s1. The van der Waals surface area contributed by atoms with Crippen molar-refractivity contribution in [1.29, 1.82) is 0 Å². The zero-order chi connectivity index (χ0) is 17.9. The Morgan fingerprint density at radius 3 is 2.76 bits per heavy atom. The summed E-state index contributed by atoms with van der Waals surface area (Å²) in [4.78, 5) is 18.6. The van der Waals surface area contributed by atoms with Crippen molar-refractivity contribution >= 4 is 5.91 Å². The Morgan fingerprint density at radius 1 is 1.24 bits per heavy atom. The van der Waals surface area contributed by atoms with Gasteiger partial charge in [0.25, 0.3) is 5.91 Å². The third kappa shape index (κ3) is 4.03. The predicted molar refractivity (Wildman–Crippen MR) is 91.4 cm³/mol. The number of nitrogens with zero attached hydrogens (tertiary/aromatic N) is 2. The quantitative estimate of drug-likeness (QED) is 0.896. The number of likely N-dealkylation sites (tertiary alicyclic amines) is 1. The van der Waals surface area contributed by atoms with E-state index in [-0.39, 0.29) is 18.3 Å². The third-order valence-corrected chi connectivity index (χ3v) is 4.63. The number of carbonyl (C=O) groups excluding carboxylic acids is 1. The molecular weight excluding hydrogens is 323 g/mol. The van der Waals surface area contributed by atoms with Crippen LogP contribution in [0.4, 0.5) is 4.39 Å². The van der Waals surface area contributed by atoms with E-state index in [0.717, 1.165) is 0 Å². The average molecular weight is 344 g/mol. The van der Waals surface area contributed by atoms with Crippen LogP contribution in [-0.2, 0) is 0 Å². The smallest absolute Gasteiger partial charge is 0.255 e. The minimum atomic E-state index is -1.10. The van der Waals surface area contributed by atoms with Crippen LogP contribution in [0.5, 0.6) is 0 Å². The zero-order valence-corrected chi connectivity index (χ0v) is 13.9. The molecule has 0 saturated carbocycles. The molecule has 132 valence electrons. The fraction of sp³-hybridized carbons (Fsp3) is 0.368. The van der Waals surface area contributed by atoms with Crippen molar-refractivity contribution in [2.45, 2.75) is 24.9 Å². The molecule has 1 fully saturated rings. The van der Waals surface area contributed by atoms with Gasteiger partial charge in [0.1, 0.15) is 5.82 Å². The van der Waals surface area contributed by atoms with Gasteiger partial charge in [0.2, 0.25) is 0 Å². The molecule has 1 atom stereocenters. The van der Waals surface area contributed by atoms with Gasteiger partial charge in [-0.25, -0.2) is 4.39 Å². The lowest BCUT2D eigenvalue weighted by Crippen LogP contribution is -2.36. The molecular formula is C19H21FN2O3. The van der Waals surface area contributed by atoms with Gasteiger partial charge in [-0.05, 0) is 43.5 Å². The van der Waals surface area contributed by atoms with E-state index in [0.29, 0.717) is 49.2 Å². The lowest BCUT2D eigenvalue weighted by Gasteiger charge is -2.24. The zero-order valence-electron chi connectivity index (χ0n) is 13.9. The number of aromatic nitrogens is 1. The van der Waals surface area contributed by atoms with Crippen LogP contribution in [0.1, 0.15) is 29.6 Å². The van der Waals surface area contributed by atoms with Crippen molar-refractivity contribution in [2.24, 2.45) is 0 Å². The Kier molecular flexibility index (Phi) is 5.11. The molecule has 0 radical (unpaired) electrons. The highest BCUT2D eigenvalue weighted by Gasteiger charge is 2.31. The Labute approximate surface area is 145 Å². The first kappa shape index (κ1) is 17.5. The van der Waals surface area contributed by atoms with Crippen molar-refractivity contribution in [1.82, 2.24) is 9.88 Å².